The summed E-state index contributed by atoms with van der Waals surface area (Å²) in [6, 6.07) is 11.1. The Morgan fingerprint density at radius 3 is 2.38 bits per heavy atom. The van der Waals surface area contributed by atoms with Gasteiger partial charge < -0.3 is 10.1 Å². The first-order chi connectivity index (χ1) is 11.3. The number of carbonyl (C=O) groups excluding carboxylic acids is 1. The van der Waals surface area contributed by atoms with Crippen LogP contribution in [0.25, 0.3) is 0 Å². The van der Waals surface area contributed by atoms with Gasteiger partial charge >= 0.3 is 0 Å². The molecule has 6 nitrogen and oxygen atoms in total. The van der Waals surface area contributed by atoms with Crippen LogP contribution in [-0.2, 0) is 16.5 Å². The summed E-state index contributed by atoms with van der Waals surface area (Å²) in [6.45, 7) is 2.07. The van der Waals surface area contributed by atoms with Gasteiger partial charge in [0, 0.05) is 11.6 Å². The van der Waals surface area contributed by atoms with E-state index < -0.39 is 20.9 Å². The van der Waals surface area contributed by atoms with E-state index in [2.05, 4.69) is 12.2 Å². The summed E-state index contributed by atoms with van der Waals surface area (Å²) in [5.41, 5.74) is 1.50. The van der Waals surface area contributed by atoms with Crippen LogP contribution < -0.4 is 10.1 Å². The molecule has 0 saturated heterocycles. The molecule has 0 aliphatic carbocycles. The second-order valence-electron chi connectivity index (χ2n) is 5.24. The summed E-state index contributed by atoms with van der Waals surface area (Å²) in [6.07, 6.45) is 1.93. The van der Waals surface area contributed by atoms with Gasteiger partial charge in [0.2, 0.25) is 0 Å². The zero-order valence-electron chi connectivity index (χ0n) is 13.4. The van der Waals surface area contributed by atoms with Crippen molar-refractivity contribution < 1.29 is 22.5 Å². The molecule has 2 aromatic rings. The van der Waals surface area contributed by atoms with Crippen LogP contribution in [0.3, 0.4) is 0 Å². The number of benzene rings is 2. The van der Waals surface area contributed by atoms with Crippen LogP contribution in [0.4, 0.5) is 5.69 Å². The third kappa shape index (κ3) is 4.33. The fraction of sp³-hybridized carbons (Fsp3) is 0.235. The maximum absolute atomic E-state index is 12.3. The van der Waals surface area contributed by atoms with E-state index in [1.165, 1.54) is 19.2 Å². The summed E-state index contributed by atoms with van der Waals surface area (Å²) >= 11 is 0. The van der Waals surface area contributed by atoms with Crippen molar-refractivity contribution in [1.82, 2.24) is 0 Å². The van der Waals surface area contributed by atoms with Crippen LogP contribution in [0.5, 0.6) is 5.75 Å². The minimum absolute atomic E-state index is 0.0130. The molecular weight excluding hydrogens is 330 g/mol. The number of methoxy groups -OCH3 is 1. The second kappa shape index (κ2) is 7.46. The molecule has 0 aromatic heterocycles. The number of amides is 1. The van der Waals surface area contributed by atoms with Crippen LogP contribution in [0, 0.1) is 0 Å². The predicted octanol–water partition coefficient (Wildman–Crippen LogP) is 3.15. The molecule has 0 unspecified atom stereocenters. The Bertz CT molecular complexity index is 829. The first-order valence-electron chi connectivity index (χ1n) is 7.41. The van der Waals surface area contributed by atoms with Gasteiger partial charge in [0.25, 0.3) is 16.0 Å². The molecular formula is C17H19NO5S. The Hall–Kier alpha value is -2.38. The number of aryl methyl sites for hydroxylation is 1. The highest BCUT2D eigenvalue weighted by Gasteiger charge is 2.19. The van der Waals surface area contributed by atoms with E-state index >= 15 is 0 Å². The number of rotatable bonds is 6. The average molecular weight is 349 g/mol. The monoisotopic (exact) mass is 349 g/mol. The summed E-state index contributed by atoms with van der Waals surface area (Å²) < 4.78 is 37.3. The van der Waals surface area contributed by atoms with Crippen LogP contribution in [0.2, 0.25) is 0 Å². The third-order valence-electron chi connectivity index (χ3n) is 3.47. The fourth-order valence-electron chi connectivity index (χ4n) is 2.25. The Labute approximate surface area is 141 Å². The Morgan fingerprint density at radius 1 is 1.17 bits per heavy atom. The Morgan fingerprint density at radius 2 is 1.83 bits per heavy atom. The molecule has 128 valence electrons. The lowest BCUT2D eigenvalue weighted by Crippen LogP contribution is -2.14. The van der Waals surface area contributed by atoms with E-state index in [9.17, 15) is 17.8 Å². The number of anilines is 1. The lowest BCUT2D eigenvalue weighted by Gasteiger charge is -2.11. The highest BCUT2D eigenvalue weighted by molar-refractivity contribution is 7.86. The molecule has 0 aliphatic rings. The maximum Gasteiger partial charge on any atom is 0.296 e. The summed E-state index contributed by atoms with van der Waals surface area (Å²) in [5.74, 6) is -0.211. The average Bonchev–Trinajstić information content (AvgIpc) is 2.55. The molecule has 0 aliphatic heterocycles. The normalized spacial score (nSPS) is 11.1. The smallest absolute Gasteiger partial charge is 0.296 e. The lowest BCUT2D eigenvalue weighted by atomic mass is 10.1. The van der Waals surface area contributed by atoms with Gasteiger partial charge in [-0.15, -0.1) is 0 Å². The standard InChI is InChI=1S/C17H19NO5S/c1-3-4-12-5-7-13(8-6-12)17(19)18-15-10-9-14(23-2)11-16(15)24(20,21)22/h5-11H,3-4H2,1-2H3,(H,18,19)(H,20,21,22). The second-order valence-corrected chi connectivity index (χ2v) is 6.63. The van der Waals surface area contributed by atoms with Gasteiger partial charge in [-0.25, -0.2) is 0 Å². The van der Waals surface area contributed by atoms with Crippen molar-refractivity contribution in [3.05, 3.63) is 53.6 Å². The highest BCUT2D eigenvalue weighted by Crippen LogP contribution is 2.26. The molecule has 2 N–H and O–H groups in total. The summed E-state index contributed by atoms with van der Waals surface area (Å²) in [4.78, 5) is 11.9. The number of hydrogen-bond acceptors (Lipinski definition) is 4. The van der Waals surface area contributed by atoms with Crippen molar-refractivity contribution in [2.75, 3.05) is 12.4 Å². The van der Waals surface area contributed by atoms with Gasteiger partial charge in [0.15, 0.2) is 0 Å². The van der Waals surface area contributed by atoms with Crippen LogP contribution in [0.15, 0.2) is 47.4 Å². The van der Waals surface area contributed by atoms with E-state index in [1.807, 2.05) is 12.1 Å². The van der Waals surface area contributed by atoms with E-state index in [0.717, 1.165) is 24.5 Å². The molecule has 0 bridgehead atoms. The zero-order valence-corrected chi connectivity index (χ0v) is 14.3. The van der Waals surface area contributed by atoms with Gasteiger partial charge in [0.1, 0.15) is 10.6 Å². The van der Waals surface area contributed by atoms with Crippen molar-refractivity contribution in [3.63, 3.8) is 0 Å². The Balaban J connectivity index is 2.28. The molecule has 1 amide bonds. The van der Waals surface area contributed by atoms with Crippen molar-refractivity contribution in [1.29, 1.82) is 0 Å². The topological polar surface area (TPSA) is 92.7 Å². The first-order valence-corrected chi connectivity index (χ1v) is 8.85. The molecule has 0 fully saturated rings. The number of ether oxygens (including phenoxy) is 1. The van der Waals surface area contributed by atoms with Gasteiger partial charge in [-0.3, -0.25) is 9.35 Å². The molecule has 2 rings (SSSR count). The molecule has 0 spiro atoms. The number of carbonyl (C=O) groups is 1. The van der Waals surface area contributed by atoms with Crippen LogP contribution >= 0.6 is 0 Å². The minimum atomic E-state index is -4.50. The van der Waals surface area contributed by atoms with E-state index in [1.54, 1.807) is 12.1 Å². The first kappa shape index (κ1) is 18.0. The molecule has 0 radical (unpaired) electrons. The molecule has 0 heterocycles. The summed E-state index contributed by atoms with van der Waals surface area (Å²) in [7, 11) is -3.13. The molecule has 24 heavy (non-hydrogen) atoms. The van der Waals surface area contributed by atoms with Gasteiger partial charge in [-0.1, -0.05) is 25.5 Å². The van der Waals surface area contributed by atoms with Crippen LogP contribution in [0.1, 0.15) is 29.3 Å². The highest BCUT2D eigenvalue weighted by atomic mass is 32.2. The molecule has 0 atom stereocenters. The van der Waals surface area contributed by atoms with Gasteiger partial charge in [-0.05, 0) is 36.2 Å². The zero-order chi connectivity index (χ0) is 17.7. The maximum atomic E-state index is 12.3. The van der Waals surface area contributed by atoms with Gasteiger partial charge in [0.05, 0.1) is 12.8 Å². The third-order valence-corrected chi connectivity index (χ3v) is 4.36. The van der Waals surface area contributed by atoms with Crippen molar-refractivity contribution in [3.8, 4) is 5.75 Å². The Kier molecular flexibility index (Phi) is 5.58. The number of nitrogens with one attached hydrogen (secondary N) is 1. The van der Waals surface area contributed by atoms with E-state index in [0.29, 0.717) is 5.56 Å². The van der Waals surface area contributed by atoms with E-state index in [4.69, 9.17) is 4.74 Å². The number of hydrogen-bond donors (Lipinski definition) is 2. The van der Waals surface area contributed by atoms with Crippen molar-refractivity contribution in [2.24, 2.45) is 0 Å². The molecule has 2 aromatic carbocycles. The molecule has 7 heteroatoms. The molecule has 0 saturated carbocycles. The van der Waals surface area contributed by atoms with Crippen LogP contribution in [-0.4, -0.2) is 26.0 Å². The largest absolute Gasteiger partial charge is 0.497 e. The van der Waals surface area contributed by atoms with Gasteiger partial charge in [-0.2, -0.15) is 8.42 Å². The SMILES string of the molecule is CCCc1ccc(C(=O)Nc2ccc(OC)cc2S(=O)(=O)O)cc1. The minimum Gasteiger partial charge on any atom is -0.497 e. The lowest BCUT2D eigenvalue weighted by molar-refractivity contribution is 0.102. The quantitative estimate of drug-likeness (QED) is 0.782. The summed E-state index contributed by atoms with van der Waals surface area (Å²) in [5, 5.41) is 2.50. The predicted molar refractivity (Wildman–Crippen MR) is 91.2 cm³/mol. The van der Waals surface area contributed by atoms with Crippen molar-refractivity contribution in [2.45, 2.75) is 24.7 Å². The van der Waals surface area contributed by atoms with E-state index in [-0.39, 0.29) is 11.4 Å². The van der Waals surface area contributed by atoms with Crippen molar-refractivity contribution >= 4 is 21.7 Å². The fourth-order valence-corrected chi connectivity index (χ4v) is 2.91.